The van der Waals surface area contributed by atoms with Crippen molar-refractivity contribution in [3.8, 4) is 0 Å². The lowest BCUT2D eigenvalue weighted by atomic mass is 9.88. The van der Waals surface area contributed by atoms with Gasteiger partial charge in [0.25, 0.3) is 5.56 Å². The minimum absolute atomic E-state index is 0.124. The van der Waals surface area contributed by atoms with E-state index >= 15 is 0 Å². The zero-order valence-electron chi connectivity index (χ0n) is 14.3. The summed E-state index contributed by atoms with van der Waals surface area (Å²) < 4.78 is 14.3. The lowest BCUT2D eigenvalue weighted by Crippen LogP contribution is -2.34. The minimum Gasteiger partial charge on any atom is -0.354 e. The van der Waals surface area contributed by atoms with Gasteiger partial charge in [0.15, 0.2) is 0 Å². The van der Waals surface area contributed by atoms with Crippen LogP contribution in [0.3, 0.4) is 0 Å². The van der Waals surface area contributed by atoms with Crippen molar-refractivity contribution in [1.82, 2.24) is 15.1 Å². The quantitative estimate of drug-likeness (QED) is 0.901. The van der Waals surface area contributed by atoms with Gasteiger partial charge in [-0.2, -0.15) is 5.10 Å². The second-order valence-electron chi connectivity index (χ2n) is 6.68. The van der Waals surface area contributed by atoms with Crippen molar-refractivity contribution < 1.29 is 9.18 Å². The molecule has 1 heterocycles. The maximum absolute atomic E-state index is 12.9. The Hall–Kier alpha value is -2.50. The van der Waals surface area contributed by atoms with Crippen LogP contribution in [-0.2, 0) is 30.6 Å². The fraction of sp³-hybridized carbons (Fsp3) is 0.421. The van der Waals surface area contributed by atoms with Crippen LogP contribution >= 0.6 is 0 Å². The Morgan fingerprint density at radius 3 is 2.88 bits per heavy atom. The first kappa shape index (κ1) is 17.3. The average molecular weight is 343 g/mol. The molecule has 132 valence electrons. The monoisotopic (exact) mass is 343 g/mol. The molecule has 6 heteroatoms. The first-order valence-electron chi connectivity index (χ1n) is 8.62. The molecule has 0 fully saturated rings. The van der Waals surface area contributed by atoms with Gasteiger partial charge in [-0.25, -0.2) is 9.07 Å². The molecule has 0 saturated carbocycles. The molecule has 3 rings (SSSR count). The number of fused-ring (bicyclic) bond motifs is 1. The second-order valence-corrected chi connectivity index (χ2v) is 6.68. The molecule has 1 atom stereocenters. The second kappa shape index (κ2) is 7.59. The largest absolute Gasteiger partial charge is 0.354 e. The molecule has 25 heavy (non-hydrogen) atoms. The van der Waals surface area contributed by atoms with Crippen molar-refractivity contribution in [3.05, 3.63) is 63.3 Å². The lowest BCUT2D eigenvalue weighted by molar-refractivity contribution is -0.120. The predicted octanol–water partition coefficient (Wildman–Crippen LogP) is 1.87. The Morgan fingerprint density at radius 1 is 1.36 bits per heavy atom. The van der Waals surface area contributed by atoms with Gasteiger partial charge in [0.2, 0.25) is 5.91 Å². The van der Waals surface area contributed by atoms with Gasteiger partial charge >= 0.3 is 0 Å². The lowest BCUT2D eigenvalue weighted by Gasteiger charge is -2.21. The molecule has 1 amide bonds. The van der Waals surface area contributed by atoms with E-state index in [0.717, 1.165) is 36.1 Å². The number of benzene rings is 1. The molecule has 0 saturated heterocycles. The van der Waals surface area contributed by atoms with Crippen LogP contribution in [0.5, 0.6) is 0 Å². The molecular formula is C19H22FN3O2. The van der Waals surface area contributed by atoms with Crippen LogP contribution in [0.2, 0.25) is 0 Å². The Morgan fingerprint density at radius 2 is 2.12 bits per heavy atom. The smallest absolute Gasteiger partial charge is 0.267 e. The molecule has 0 bridgehead atoms. The van der Waals surface area contributed by atoms with Crippen LogP contribution in [-0.4, -0.2) is 22.2 Å². The van der Waals surface area contributed by atoms with E-state index in [9.17, 15) is 14.0 Å². The Kier molecular flexibility index (Phi) is 5.26. The summed E-state index contributed by atoms with van der Waals surface area (Å²) in [5, 5.41) is 7.23. The molecule has 1 aliphatic carbocycles. The summed E-state index contributed by atoms with van der Waals surface area (Å²) in [6.45, 7) is 2.87. The molecular weight excluding hydrogens is 321 g/mol. The van der Waals surface area contributed by atoms with Crippen LogP contribution in [0.15, 0.2) is 35.1 Å². The molecule has 1 N–H and O–H groups in total. The van der Waals surface area contributed by atoms with Gasteiger partial charge in [-0.1, -0.05) is 19.1 Å². The maximum atomic E-state index is 12.9. The summed E-state index contributed by atoms with van der Waals surface area (Å²) in [5.74, 6) is 0.109. The van der Waals surface area contributed by atoms with Crippen LogP contribution < -0.4 is 10.9 Å². The van der Waals surface area contributed by atoms with E-state index in [2.05, 4.69) is 17.3 Å². The normalized spacial score (nSPS) is 16.3. The summed E-state index contributed by atoms with van der Waals surface area (Å²) >= 11 is 0. The number of rotatable bonds is 5. The van der Waals surface area contributed by atoms with E-state index in [1.165, 1.54) is 16.8 Å². The summed E-state index contributed by atoms with van der Waals surface area (Å²) in [4.78, 5) is 24.1. The summed E-state index contributed by atoms with van der Waals surface area (Å²) in [6, 6.07) is 7.52. The zero-order chi connectivity index (χ0) is 17.8. The number of nitrogens with one attached hydrogen (secondary N) is 1. The third-order valence-electron chi connectivity index (χ3n) is 4.53. The number of amides is 1. The minimum atomic E-state index is -0.323. The maximum Gasteiger partial charge on any atom is 0.267 e. The SMILES string of the molecule is C[C@@H]1CCc2nn(CCNC(=O)Cc3ccc(F)cc3)c(=O)cc2C1. The fourth-order valence-electron chi connectivity index (χ4n) is 3.13. The molecule has 0 aliphatic heterocycles. The third-order valence-corrected chi connectivity index (χ3v) is 4.53. The van der Waals surface area contributed by atoms with Gasteiger partial charge in [-0.3, -0.25) is 9.59 Å². The van der Waals surface area contributed by atoms with Gasteiger partial charge in [-0.15, -0.1) is 0 Å². The van der Waals surface area contributed by atoms with Gasteiger partial charge in [-0.05, 0) is 48.4 Å². The summed E-state index contributed by atoms with van der Waals surface area (Å²) in [5.41, 5.74) is 2.67. The van der Waals surface area contributed by atoms with Crippen molar-refractivity contribution in [2.24, 2.45) is 5.92 Å². The van der Waals surface area contributed by atoms with Crippen LogP contribution in [0.1, 0.15) is 30.2 Å². The van der Waals surface area contributed by atoms with E-state index in [0.29, 0.717) is 19.0 Å². The third kappa shape index (κ3) is 4.53. The zero-order valence-corrected chi connectivity index (χ0v) is 14.3. The van der Waals surface area contributed by atoms with E-state index in [1.807, 2.05) is 0 Å². The number of carbonyl (C=O) groups is 1. The molecule has 0 radical (unpaired) electrons. The molecule has 2 aromatic rings. The van der Waals surface area contributed by atoms with Crippen molar-refractivity contribution in [1.29, 1.82) is 0 Å². The van der Waals surface area contributed by atoms with Crippen molar-refractivity contribution in [3.63, 3.8) is 0 Å². The van der Waals surface area contributed by atoms with Crippen molar-refractivity contribution in [2.75, 3.05) is 6.54 Å². The standard InChI is InChI=1S/C19H22FN3O2/c1-13-2-7-17-15(10-13)12-19(25)23(22-17)9-8-21-18(24)11-14-3-5-16(20)6-4-14/h3-6,12-13H,2,7-11H2,1H3,(H,21,24)/t13-/m1/s1. The highest BCUT2D eigenvalue weighted by Crippen LogP contribution is 2.22. The molecule has 1 aromatic carbocycles. The van der Waals surface area contributed by atoms with Crippen molar-refractivity contribution in [2.45, 2.75) is 39.2 Å². The van der Waals surface area contributed by atoms with E-state index in [4.69, 9.17) is 0 Å². The summed E-state index contributed by atoms with van der Waals surface area (Å²) in [7, 11) is 0. The number of aryl methyl sites for hydroxylation is 1. The average Bonchev–Trinajstić information content (AvgIpc) is 2.57. The topological polar surface area (TPSA) is 64.0 Å². The highest BCUT2D eigenvalue weighted by molar-refractivity contribution is 5.78. The highest BCUT2D eigenvalue weighted by Gasteiger charge is 2.18. The number of aromatic nitrogens is 2. The van der Waals surface area contributed by atoms with Crippen molar-refractivity contribution >= 4 is 5.91 Å². The molecule has 5 nitrogen and oxygen atoms in total. The number of hydrogen-bond donors (Lipinski definition) is 1. The van der Waals surface area contributed by atoms with E-state index < -0.39 is 0 Å². The van der Waals surface area contributed by atoms with E-state index in [-0.39, 0.29) is 23.7 Å². The predicted molar refractivity (Wildman–Crippen MR) is 92.8 cm³/mol. The van der Waals surface area contributed by atoms with Gasteiger partial charge < -0.3 is 5.32 Å². The van der Waals surface area contributed by atoms with Gasteiger partial charge in [0.05, 0.1) is 18.7 Å². The van der Waals surface area contributed by atoms with E-state index in [1.54, 1.807) is 18.2 Å². The molecule has 0 spiro atoms. The Bertz CT molecular complexity index is 814. The Labute approximate surface area is 145 Å². The molecule has 0 unspecified atom stereocenters. The number of hydrogen-bond acceptors (Lipinski definition) is 3. The first-order valence-corrected chi connectivity index (χ1v) is 8.62. The highest BCUT2D eigenvalue weighted by atomic mass is 19.1. The van der Waals surface area contributed by atoms with Crippen LogP contribution in [0, 0.1) is 11.7 Å². The Balaban J connectivity index is 1.54. The molecule has 1 aliphatic rings. The fourth-order valence-corrected chi connectivity index (χ4v) is 3.13. The van der Waals surface area contributed by atoms with Crippen LogP contribution in [0.25, 0.3) is 0 Å². The molecule has 1 aromatic heterocycles. The first-order chi connectivity index (χ1) is 12.0. The van der Waals surface area contributed by atoms with Gasteiger partial charge in [0, 0.05) is 12.6 Å². The van der Waals surface area contributed by atoms with Crippen LogP contribution in [0.4, 0.5) is 4.39 Å². The number of nitrogens with zero attached hydrogens (tertiary/aromatic N) is 2. The summed E-state index contributed by atoms with van der Waals surface area (Å²) in [6.07, 6.45) is 3.08. The number of halogens is 1. The van der Waals surface area contributed by atoms with Gasteiger partial charge in [0.1, 0.15) is 5.82 Å². The number of carbonyl (C=O) groups excluding carboxylic acids is 1.